The van der Waals surface area contributed by atoms with E-state index in [1.807, 2.05) is 13.8 Å². The van der Waals surface area contributed by atoms with Gasteiger partial charge in [0.05, 0.1) is 27.8 Å². The molecule has 0 saturated carbocycles. The van der Waals surface area contributed by atoms with E-state index in [4.69, 9.17) is 32.7 Å². The standard InChI is InChI=1S/C21H21Cl2FN2O6S/c1-12-9-26(10-13(2)32-12)20(27)11-31-21(28)16-7-19(18(23)8-17(16)22)33(29,30)25-15-5-3-14(24)4-6-15/h3-8,12-13,25H,9-11H2,1-2H3/t12-,13-/m1/s1. The van der Waals surface area contributed by atoms with Gasteiger partial charge in [-0.15, -0.1) is 0 Å². The van der Waals surface area contributed by atoms with Crippen LogP contribution in [-0.4, -0.2) is 57.1 Å². The molecule has 1 fully saturated rings. The number of carbonyl (C=O) groups excluding carboxylic acids is 2. The first kappa shape index (κ1) is 25.2. The molecule has 0 spiro atoms. The minimum absolute atomic E-state index is 0.0890. The molecule has 178 valence electrons. The average molecular weight is 519 g/mol. The Bertz CT molecular complexity index is 1150. The fourth-order valence-electron chi connectivity index (χ4n) is 3.30. The Labute approximate surface area is 200 Å². The lowest BCUT2D eigenvalue weighted by Gasteiger charge is -2.35. The number of anilines is 1. The van der Waals surface area contributed by atoms with Crippen LogP contribution in [0.25, 0.3) is 0 Å². The van der Waals surface area contributed by atoms with Crippen LogP contribution in [0.1, 0.15) is 24.2 Å². The molecule has 1 amide bonds. The average Bonchev–Trinajstić information content (AvgIpc) is 2.72. The maximum absolute atomic E-state index is 13.1. The van der Waals surface area contributed by atoms with Gasteiger partial charge in [-0.25, -0.2) is 17.6 Å². The second kappa shape index (κ2) is 10.3. The van der Waals surface area contributed by atoms with Gasteiger partial charge in [0.25, 0.3) is 15.9 Å². The summed E-state index contributed by atoms with van der Waals surface area (Å²) in [5, 5.41) is -0.384. The van der Waals surface area contributed by atoms with Crippen molar-refractivity contribution in [3.05, 3.63) is 57.8 Å². The summed E-state index contributed by atoms with van der Waals surface area (Å²) in [5.74, 6) is -1.94. The molecular formula is C21H21Cl2FN2O6S. The van der Waals surface area contributed by atoms with Crippen LogP contribution in [0.4, 0.5) is 10.1 Å². The zero-order chi connectivity index (χ0) is 24.3. The highest BCUT2D eigenvalue weighted by Crippen LogP contribution is 2.30. The number of morpholine rings is 1. The van der Waals surface area contributed by atoms with E-state index >= 15 is 0 Å². The molecule has 1 aliphatic rings. The SMILES string of the molecule is C[C@@H]1CN(C(=O)COC(=O)c2cc(S(=O)(=O)Nc3ccc(F)cc3)c(Cl)cc2Cl)C[C@@H](C)O1. The Morgan fingerprint density at radius 3 is 2.33 bits per heavy atom. The molecule has 0 aliphatic carbocycles. The van der Waals surface area contributed by atoms with Gasteiger partial charge in [-0.2, -0.15) is 0 Å². The third-order valence-electron chi connectivity index (χ3n) is 4.73. The molecule has 0 bridgehead atoms. The Morgan fingerprint density at radius 1 is 1.12 bits per heavy atom. The van der Waals surface area contributed by atoms with E-state index in [2.05, 4.69) is 4.72 Å². The summed E-state index contributed by atoms with van der Waals surface area (Å²) in [6.07, 6.45) is -0.305. The van der Waals surface area contributed by atoms with Gasteiger partial charge in [0.15, 0.2) is 6.61 Å². The van der Waals surface area contributed by atoms with Crippen molar-refractivity contribution >= 4 is 50.8 Å². The Hall–Kier alpha value is -2.40. The quantitative estimate of drug-likeness (QED) is 0.584. The van der Waals surface area contributed by atoms with Gasteiger partial charge >= 0.3 is 5.97 Å². The lowest BCUT2D eigenvalue weighted by atomic mass is 10.2. The van der Waals surface area contributed by atoms with Crippen molar-refractivity contribution in [2.45, 2.75) is 31.0 Å². The van der Waals surface area contributed by atoms with Crippen molar-refractivity contribution in [2.24, 2.45) is 0 Å². The van der Waals surface area contributed by atoms with Gasteiger partial charge in [-0.3, -0.25) is 9.52 Å². The molecular weight excluding hydrogens is 498 g/mol. The van der Waals surface area contributed by atoms with Crippen molar-refractivity contribution in [2.75, 3.05) is 24.4 Å². The number of rotatable bonds is 6. The van der Waals surface area contributed by atoms with E-state index in [1.54, 1.807) is 0 Å². The fraction of sp³-hybridized carbons (Fsp3) is 0.333. The number of sulfonamides is 1. The van der Waals surface area contributed by atoms with E-state index < -0.39 is 39.2 Å². The number of amides is 1. The number of nitrogens with one attached hydrogen (secondary N) is 1. The van der Waals surface area contributed by atoms with Gasteiger partial charge in [0.2, 0.25) is 0 Å². The predicted molar refractivity (Wildman–Crippen MR) is 121 cm³/mol. The number of ether oxygens (including phenoxy) is 2. The molecule has 0 unspecified atom stereocenters. The van der Waals surface area contributed by atoms with Gasteiger partial charge in [0.1, 0.15) is 10.7 Å². The number of benzene rings is 2. The lowest BCUT2D eigenvalue weighted by molar-refractivity contribution is -0.146. The van der Waals surface area contributed by atoms with Crippen LogP contribution in [0.15, 0.2) is 41.3 Å². The minimum atomic E-state index is -4.25. The third kappa shape index (κ3) is 6.35. The number of carbonyl (C=O) groups is 2. The van der Waals surface area contributed by atoms with E-state index in [0.29, 0.717) is 13.1 Å². The van der Waals surface area contributed by atoms with Gasteiger partial charge in [-0.1, -0.05) is 23.2 Å². The summed E-state index contributed by atoms with van der Waals surface area (Å²) in [6.45, 7) is 3.83. The molecule has 1 heterocycles. The number of esters is 1. The van der Waals surface area contributed by atoms with E-state index in [1.165, 1.54) is 17.0 Å². The van der Waals surface area contributed by atoms with Gasteiger partial charge < -0.3 is 14.4 Å². The Morgan fingerprint density at radius 2 is 1.73 bits per heavy atom. The number of halogens is 3. The molecule has 1 aliphatic heterocycles. The highest BCUT2D eigenvalue weighted by molar-refractivity contribution is 7.92. The second-order valence-corrected chi connectivity index (χ2v) is 9.97. The smallest absolute Gasteiger partial charge is 0.340 e. The molecule has 8 nitrogen and oxygen atoms in total. The van der Waals surface area contributed by atoms with Crippen LogP contribution >= 0.6 is 23.2 Å². The zero-order valence-electron chi connectivity index (χ0n) is 17.7. The van der Waals surface area contributed by atoms with Crippen LogP contribution in [0.3, 0.4) is 0 Å². The van der Waals surface area contributed by atoms with Crippen LogP contribution in [-0.2, 0) is 24.3 Å². The second-order valence-electron chi connectivity index (χ2n) is 7.51. The molecule has 33 heavy (non-hydrogen) atoms. The van der Waals surface area contributed by atoms with Crippen molar-refractivity contribution in [3.63, 3.8) is 0 Å². The first-order chi connectivity index (χ1) is 15.5. The number of hydrogen-bond donors (Lipinski definition) is 1. The van der Waals surface area contributed by atoms with E-state index in [-0.39, 0.29) is 33.5 Å². The topological polar surface area (TPSA) is 102 Å². The van der Waals surface area contributed by atoms with Crippen LogP contribution in [0, 0.1) is 5.82 Å². The molecule has 1 N–H and O–H groups in total. The zero-order valence-corrected chi connectivity index (χ0v) is 20.0. The monoisotopic (exact) mass is 518 g/mol. The van der Waals surface area contributed by atoms with Gasteiger partial charge in [-0.05, 0) is 50.2 Å². The van der Waals surface area contributed by atoms with Crippen molar-refractivity contribution in [1.29, 1.82) is 0 Å². The lowest BCUT2D eigenvalue weighted by Crippen LogP contribution is -2.49. The molecule has 2 aromatic rings. The summed E-state index contributed by atoms with van der Waals surface area (Å²) in [4.78, 5) is 26.1. The van der Waals surface area contributed by atoms with E-state index in [0.717, 1.165) is 24.3 Å². The summed E-state index contributed by atoms with van der Waals surface area (Å²) < 4.78 is 51.5. The highest BCUT2D eigenvalue weighted by atomic mass is 35.5. The van der Waals surface area contributed by atoms with Crippen LogP contribution in [0.2, 0.25) is 10.0 Å². The summed E-state index contributed by atoms with van der Waals surface area (Å²) in [7, 11) is -4.25. The molecule has 0 radical (unpaired) electrons. The maximum Gasteiger partial charge on any atom is 0.340 e. The summed E-state index contributed by atoms with van der Waals surface area (Å²) in [6, 6.07) is 6.66. The van der Waals surface area contributed by atoms with Crippen LogP contribution < -0.4 is 4.72 Å². The fourth-order valence-corrected chi connectivity index (χ4v) is 5.21. The maximum atomic E-state index is 13.1. The Kier molecular flexibility index (Phi) is 7.84. The van der Waals surface area contributed by atoms with Gasteiger partial charge in [0, 0.05) is 18.8 Å². The molecule has 12 heteroatoms. The number of hydrogen-bond acceptors (Lipinski definition) is 6. The highest BCUT2D eigenvalue weighted by Gasteiger charge is 2.28. The molecule has 3 rings (SSSR count). The first-order valence-corrected chi connectivity index (χ1v) is 12.1. The Balaban J connectivity index is 1.75. The third-order valence-corrected chi connectivity index (χ3v) is 6.89. The molecule has 0 aromatic heterocycles. The van der Waals surface area contributed by atoms with Crippen molar-refractivity contribution in [3.8, 4) is 0 Å². The minimum Gasteiger partial charge on any atom is -0.452 e. The largest absolute Gasteiger partial charge is 0.452 e. The molecule has 1 saturated heterocycles. The first-order valence-electron chi connectivity index (χ1n) is 9.84. The molecule has 2 atom stereocenters. The summed E-state index contributed by atoms with van der Waals surface area (Å²) >= 11 is 12.1. The van der Waals surface area contributed by atoms with E-state index in [9.17, 15) is 22.4 Å². The van der Waals surface area contributed by atoms with Crippen LogP contribution in [0.5, 0.6) is 0 Å². The van der Waals surface area contributed by atoms with Crippen molar-refractivity contribution < 1.29 is 31.9 Å². The number of nitrogens with zero attached hydrogens (tertiary/aromatic N) is 1. The molecule has 2 aromatic carbocycles. The van der Waals surface area contributed by atoms with Crippen molar-refractivity contribution in [1.82, 2.24) is 4.90 Å². The predicted octanol–water partition coefficient (Wildman–Crippen LogP) is 3.73. The normalized spacial score (nSPS) is 18.6. The summed E-state index contributed by atoms with van der Waals surface area (Å²) in [5.41, 5.74) is -0.192.